The lowest BCUT2D eigenvalue weighted by molar-refractivity contribution is 0.0698. The molecule has 0 aromatic carbocycles. The number of nitrogens with zero attached hydrogens (tertiary/aromatic N) is 2. The molecular formula is C11H13N3O2. The number of aromatic amines is 1. The molecule has 84 valence electrons. The summed E-state index contributed by atoms with van der Waals surface area (Å²) in [5.74, 6) is -0.929. The molecule has 0 aliphatic heterocycles. The Hall–Kier alpha value is -2.04. The molecule has 2 aromatic heterocycles. The largest absolute Gasteiger partial charge is 0.478 e. The van der Waals surface area contributed by atoms with Crippen LogP contribution in [0.4, 0.5) is 0 Å². The highest BCUT2D eigenvalue weighted by molar-refractivity contribution is 5.96. The van der Waals surface area contributed by atoms with E-state index in [0.717, 1.165) is 17.7 Å². The van der Waals surface area contributed by atoms with Crippen molar-refractivity contribution in [1.82, 2.24) is 14.8 Å². The molecule has 0 saturated heterocycles. The van der Waals surface area contributed by atoms with E-state index in [2.05, 4.69) is 10.1 Å². The molecule has 0 atom stereocenters. The van der Waals surface area contributed by atoms with Crippen molar-refractivity contribution in [3.63, 3.8) is 0 Å². The molecule has 5 nitrogen and oxygen atoms in total. The first kappa shape index (κ1) is 10.5. The number of rotatable bonds is 3. The molecule has 0 aliphatic carbocycles. The summed E-state index contributed by atoms with van der Waals surface area (Å²) < 4.78 is 1.70. The van der Waals surface area contributed by atoms with Gasteiger partial charge in [-0.05, 0) is 6.42 Å². The first-order valence-electron chi connectivity index (χ1n) is 5.06. The maximum atomic E-state index is 11.0. The highest BCUT2D eigenvalue weighted by atomic mass is 16.4. The molecule has 0 fully saturated rings. The second kappa shape index (κ2) is 3.84. The molecule has 2 rings (SSSR count). The topological polar surface area (TPSA) is 70.9 Å². The van der Waals surface area contributed by atoms with Crippen LogP contribution in [0.2, 0.25) is 0 Å². The molecule has 0 bridgehead atoms. The molecule has 2 N–H and O–H groups in total. The Balaban J connectivity index is 2.57. The standard InChI is InChI=1S/C11H13N3O2/c1-3-10-9(6-14(2)13-10)7-4-12-5-8(7)11(15)16/h4-6,12H,3H2,1-2H3,(H,15,16). The average molecular weight is 219 g/mol. The summed E-state index contributed by atoms with van der Waals surface area (Å²) in [6.07, 6.45) is 5.80. The number of carboxylic acids is 1. The van der Waals surface area contributed by atoms with Gasteiger partial charge in [0.25, 0.3) is 0 Å². The molecule has 2 heterocycles. The molecule has 0 amide bonds. The molecule has 0 aliphatic rings. The molecule has 16 heavy (non-hydrogen) atoms. The second-order valence-electron chi connectivity index (χ2n) is 3.60. The van der Waals surface area contributed by atoms with Crippen molar-refractivity contribution >= 4 is 5.97 Å². The van der Waals surface area contributed by atoms with E-state index in [-0.39, 0.29) is 5.56 Å². The summed E-state index contributed by atoms with van der Waals surface area (Å²) in [4.78, 5) is 13.8. The Bertz CT molecular complexity index is 525. The Morgan fingerprint density at radius 3 is 2.88 bits per heavy atom. The lowest BCUT2D eigenvalue weighted by Gasteiger charge is -1.98. The van der Waals surface area contributed by atoms with Crippen LogP contribution in [-0.2, 0) is 13.5 Å². The van der Waals surface area contributed by atoms with Gasteiger partial charge in [-0.1, -0.05) is 6.92 Å². The first-order chi connectivity index (χ1) is 7.63. The summed E-state index contributed by atoms with van der Waals surface area (Å²) in [5.41, 5.74) is 2.76. The van der Waals surface area contributed by atoms with Gasteiger partial charge in [-0.15, -0.1) is 0 Å². The number of aryl methyl sites for hydroxylation is 2. The Kier molecular flexibility index (Phi) is 2.52. The number of nitrogens with one attached hydrogen (secondary N) is 1. The normalized spacial score (nSPS) is 10.6. The molecule has 0 saturated carbocycles. The van der Waals surface area contributed by atoms with E-state index in [1.54, 1.807) is 10.9 Å². The van der Waals surface area contributed by atoms with Crippen LogP contribution in [0.15, 0.2) is 18.6 Å². The van der Waals surface area contributed by atoms with Gasteiger partial charge in [0.15, 0.2) is 0 Å². The maximum Gasteiger partial charge on any atom is 0.337 e. The minimum atomic E-state index is -0.929. The summed E-state index contributed by atoms with van der Waals surface area (Å²) >= 11 is 0. The van der Waals surface area contributed by atoms with Gasteiger partial charge in [0.2, 0.25) is 0 Å². The Morgan fingerprint density at radius 2 is 2.25 bits per heavy atom. The van der Waals surface area contributed by atoms with Crippen LogP contribution in [0.3, 0.4) is 0 Å². The number of carboxylic acid groups (broad SMARTS) is 1. The fourth-order valence-corrected chi connectivity index (χ4v) is 1.78. The predicted octanol–water partition coefficient (Wildman–Crippen LogP) is 1.68. The Morgan fingerprint density at radius 1 is 1.50 bits per heavy atom. The molecule has 5 heteroatoms. The van der Waals surface area contributed by atoms with E-state index in [9.17, 15) is 4.79 Å². The van der Waals surface area contributed by atoms with Crippen LogP contribution in [0.25, 0.3) is 11.1 Å². The van der Waals surface area contributed by atoms with Crippen molar-refractivity contribution in [1.29, 1.82) is 0 Å². The van der Waals surface area contributed by atoms with Gasteiger partial charge in [-0.3, -0.25) is 4.68 Å². The van der Waals surface area contributed by atoms with Crippen molar-refractivity contribution in [3.05, 3.63) is 29.8 Å². The Labute approximate surface area is 92.7 Å². The minimum Gasteiger partial charge on any atom is -0.478 e. The van der Waals surface area contributed by atoms with E-state index in [0.29, 0.717) is 5.56 Å². The smallest absolute Gasteiger partial charge is 0.337 e. The molecular weight excluding hydrogens is 206 g/mol. The fourth-order valence-electron chi connectivity index (χ4n) is 1.78. The number of hydrogen-bond donors (Lipinski definition) is 2. The third-order valence-corrected chi connectivity index (χ3v) is 2.51. The summed E-state index contributed by atoms with van der Waals surface area (Å²) in [6, 6.07) is 0. The van der Waals surface area contributed by atoms with E-state index >= 15 is 0 Å². The van der Waals surface area contributed by atoms with Gasteiger partial charge >= 0.3 is 5.97 Å². The number of carbonyl (C=O) groups is 1. The van der Waals surface area contributed by atoms with E-state index in [1.165, 1.54) is 6.20 Å². The molecule has 0 spiro atoms. The molecule has 2 aromatic rings. The number of aromatic carboxylic acids is 1. The van der Waals surface area contributed by atoms with Crippen LogP contribution in [0.5, 0.6) is 0 Å². The van der Waals surface area contributed by atoms with E-state index in [4.69, 9.17) is 5.11 Å². The highest BCUT2D eigenvalue weighted by Gasteiger charge is 2.16. The zero-order valence-corrected chi connectivity index (χ0v) is 9.19. The zero-order valence-electron chi connectivity index (χ0n) is 9.19. The van der Waals surface area contributed by atoms with Crippen LogP contribution in [0.1, 0.15) is 23.0 Å². The van der Waals surface area contributed by atoms with Gasteiger partial charge in [-0.25, -0.2) is 4.79 Å². The minimum absolute atomic E-state index is 0.280. The van der Waals surface area contributed by atoms with Crippen molar-refractivity contribution in [2.75, 3.05) is 0 Å². The van der Waals surface area contributed by atoms with E-state index < -0.39 is 5.97 Å². The van der Waals surface area contributed by atoms with Crippen LogP contribution >= 0.6 is 0 Å². The third-order valence-electron chi connectivity index (χ3n) is 2.51. The van der Waals surface area contributed by atoms with Gasteiger partial charge < -0.3 is 10.1 Å². The van der Waals surface area contributed by atoms with Gasteiger partial charge in [0, 0.05) is 36.8 Å². The SMILES string of the molecule is CCc1nn(C)cc1-c1c[nH]cc1C(=O)O. The second-order valence-corrected chi connectivity index (χ2v) is 3.60. The van der Waals surface area contributed by atoms with E-state index in [1.807, 2.05) is 20.2 Å². The molecule has 0 unspecified atom stereocenters. The highest BCUT2D eigenvalue weighted by Crippen LogP contribution is 2.26. The van der Waals surface area contributed by atoms with Crippen molar-refractivity contribution in [2.45, 2.75) is 13.3 Å². The van der Waals surface area contributed by atoms with Crippen molar-refractivity contribution in [2.24, 2.45) is 7.05 Å². The average Bonchev–Trinajstić information content (AvgIpc) is 2.82. The summed E-state index contributed by atoms with van der Waals surface area (Å²) in [6.45, 7) is 2.00. The van der Waals surface area contributed by atoms with Gasteiger partial charge in [-0.2, -0.15) is 5.10 Å². The van der Waals surface area contributed by atoms with Crippen LogP contribution < -0.4 is 0 Å². The van der Waals surface area contributed by atoms with Crippen molar-refractivity contribution in [3.8, 4) is 11.1 Å². The van der Waals surface area contributed by atoms with Crippen LogP contribution in [0, 0.1) is 0 Å². The van der Waals surface area contributed by atoms with Crippen molar-refractivity contribution < 1.29 is 9.90 Å². The predicted molar refractivity (Wildman–Crippen MR) is 59.3 cm³/mol. The maximum absolute atomic E-state index is 11.0. The first-order valence-corrected chi connectivity index (χ1v) is 5.06. The lowest BCUT2D eigenvalue weighted by atomic mass is 10.0. The molecule has 0 radical (unpaired) electrons. The monoisotopic (exact) mass is 219 g/mol. The number of hydrogen-bond acceptors (Lipinski definition) is 2. The quantitative estimate of drug-likeness (QED) is 0.824. The number of H-pyrrole nitrogens is 1. The fraction of sp³-hybridized carbons (Fsp3) is 0.273. The lowest BCUT2D eigenvalue weighted by Crippen LogP contribution is -1.96. The number of aromatic nitrogens is 3. The third kappa shape index (κ3) is 1.60. The summed E-state index contributed by atoms with van der Waals surface area (Å²) in [5, 5.41) is 13.3. The van der Waals surface area contributed by atoms with Gasteiger partial charge in [0.1, 0.15) is 0 Å². The van der Waals surface area contributed by atoms with Crippen LogP contribution in [-0.4, -0.2) is 25.8 Å². The summed E-state index contributed by atoms with van der Waals surface area (Å²) in [7, 11) is 1.83. The zero-order chi connectivity index (χ0) is 11.7. The van der Waals surface area contributed by atoms with Gasteiger partial charge in [0.05, 0.1) is 11.3 Å².